The lowest BCUT2D eigenvalue weighted by Crippen LogP contribution is -2.15. The first-order valence-corrected chi connectivity index (χ1v) is 7.02. The Labute approximate surface area is 128 Å². The average molecular weight is 308 g/mol. The molecule has 1 N–H and O–H groups in total. The van der Waals surface area contributed by atoms with Gasteiger partial charge in [0.2, 0.25) is 5.91 Å². The van der Waals surface area contributed by atoms with Crippen LogP contribution in [0, 0.1) is 13.8 Å². The number of hydrogen-bond acceptors (Lipinski definition) is 1. The van der Waals surface area contributed by atoms with E-state index in [1.54, 1.807) is 18.2 Å². The van der Waals surface area contributed by atoms with Gasteiger partial charge >= 0.3 is 0 Å². The molecule has 104 valence electrons. The summed E-state index contributed by atoms with van der Waals surface area (Å²) in [5, 5.41) is 3.80. The second-order valence-corrected chi connectivity index (χ2v) is 5.62. The van der Waals surface area contributed by atoms with E-state index >= 15 is 0 Å². The molecule has 4 heteroatoms. The summed E-state index contributed by atoms with van der Waals surface area (Å²) in [6.07, 6.45) is 0.314. The molecule has 0 atom stereocenters. The van der Waals surface area contributed by atoms with Crippen LogP contribution >= 0.6 is 23.2 Å². The molecule has 0 aromatic heterocycles. The van der Waals surface area contributed by atoms with Crippen molar-refractivity contribution in [1.29, 1.82) is 0 Å². The quantitative estimate of drug-likeness (QED) is 0.867. The number of carbonyl (C=O) groups is 1. The molecule has 0 aliphatic carbocycles. The Balaban J connectivity index is 2.11. The number of amides is 1. The Kier molecular flexibility index (Phi) is 4.69. The maximum absolute atomic E-state index is 12.1. The molecule has 0 aliphatic heterocycles. The Hall–Kier alpha value is -1.51. The van der Waals surface area contributed by atoms with Crippen LogP contribution < -0.4 is 5.32 Å². The molecular weight excluding hydrogens is 293 g/mol. The van der Waals surface area contributed by atoms with Crippen molar-refractivity contribution < 1.29 is 4.79 Å². The Morgan fingerprint density at radius 3 is 2.55 bits per heavy atom. The van der Waals surface area contributed by atoms with Crippen molar-refractivity contribution in [1.82, 2.24) is 0 Å². The Morgan fingerprint density at radius 2 is 1.85 bits per heavy atom. The van der Waals surface area contributed by atoms with Crippen molar-refractivity contribution in [2.24, 2.45) is 0 Å². The van der Waals surface area contributed by atoms with E-state index in [1.165, 1.54) is 5.56 Å². The van der Waals surface area contributed by atoms with E-state index in [0.29, 0.717) is 22.2 Å². The molecule has 0 saturated carbocycles. The molecule has 2 aromatic carbocycles. The van der Waals surface area contributed by atoms with Gasteiger partial charge in [0.1, 0.15) is 0 Å². The van der Waals surface area contributed by atoms with Crippen molar-refractivity contribution in [3.05, 3.63) is 63.1 Å². The first kappa shape index (κ1) is 14.9. The van der Waals surface area contributed by atoms with Crippen LogP contribution in [0.1, 0.15) is 16.7 Å². The van der Waals surface area contributed by atoms with Crippen LogP contribution in [0.2, 0.25) is 10.0 Å². The van der Waals surface area contributed by atoms with Gasteiger partial charge in [0.05, 0.1) is 17.1 Å². The Morgan fingerprint density at radius 1 is 1.10 bits per heavy atom. The summed E-state index contributed by atoms with van der Waals surface area (Å²) in [5.41, 5.74) is 3.84. The number of anilines is 1. The summed E-state index contributed by atoms with van der Waals surface area (Å²) in [6, 6.07) is 11.0. The van der Waals surface area contributed by atoms with Crippen molar-refractivity contribution in [2.75, 3.05) is 5.32 Å². The van der Waals surface area contributed by atoms with Gasteiger partial charge in [-0.25, -0.2) is 0 Å². The zero-order valence-electron chi connectivity index (χ0n) is 11.3. The minimum atomic E-state index is -0.110. The van der Waals surface area contributed by atoms with Crippen molar-refractivity contribution >= 4 is 34.8 Å². The highest BCUT2D eigenvalue weighted by atomic mass is 35.5. The number of halogens is 2. The van der Waals surface area contributed by atoms with Crippen LogP contribution in [0.5, 0.6) is 0 Å². The molecule has 0 bridgehead atoms. The van der Waals surface area contributed by atoms with Gasteiger partial charge in [0.25, 0.3) is 0 Å². The van der Waals surface area contributed by atoms with Crippen LogP contribution in [0.15, 0.2) is 36.4 Å². The summed E-state index contributed by atoms with van der Waals surface area (Å²) >= 11 is 11.9. The molecule has 2 aromatic rings. The molecule has 20 heavy (non-hydrogen) atoms. The van der Waals surface area contributed by atoms with Crippen molar-refractivity contribution in [3.8, 4) is 0 Å². The SMILES string of the molecule is Cc1ccc(CC(=O)Nc2cc(Cl)ccc2Cl)c(C)c1. The molecule has 0 heterocycles. The molecule has 0 spiro atoms. The third-order valence-electron chi connectivity index (χ3n) is 3.05. The van der Waals surface area contributed by atoms with Crippen LogP contribution in [0.3, 0.4) is 0 Å². The first-order valence-electron chi connectivity index (χ1n) is 6.27. The fourth-order valence-electron chi connectivity index (χ4n) is 2.00. The second kappa shape index (κ2) is 6.29. The van der Waals surface area contributed by atoms with E-state index in [2.05, 4.69) is 11.4 Å². The summed E-state index contributed by atoms with van der Waals surface area (Å²) in [5.74, 6) is -0.110. The number of hydrogen-bond donors (Lipinski definition) is 1. The molecule has 2 nitrogen and oxygen atoms in total. The summed E-state index contributed by atoms with van der Waals surface area (Å²) < 4.78 is 0. The van der Waals surface area contributed by atoms with Crippen molar-refractivity contribution in [3.63, 3.8) is 0 Å². The predicted molar refractivity (Wildman–Crippen MR) is 84.7 cm³/mol. The van der Waals surface area contributed by atoms with Gasteiger partial charge < -0.3 is 5.32 Å². The van der Waals surface area contributed by atoms with Crippen molar-refractivity contribution in [2.45, 2.75) is 20.3 Å². The minimum Gasteiger partial charge on any atom is -0.324 e. The Bertz CT molecular complexity index is 653. The van der Waals surface area contributed by atoms with E-state index in [9.17, 15) is 4.79 Å². The van der Waals surface area contributed by atoms with Crippen LogP contribution in [-0.4, -0.2) is 5.91 Å². The van der Waals surface area contributed by atoms with Crippen LogP contribution in [0.4, 0.5) is 5.69 Å². The monoisotopic (exact) mass is 307 g/mol. The highest BCUT2D eigenvalue weighted by Gasteiger charge is 2.09. The standard InChI is InChI=1S/C16H15Cl2NO/c1-10-3-4-12(11(2)7-10)8-16(20)19-15-9-13(17)5-6-14(15)18/h3-7,9H,8H2,1-2H3,(H,19,20). The maximum Gasteiger partial charge on any atom is 0.228 e. The second-order valence-electron chi connectivity index (χ2n) is 4.78. The van der Waals surface area contributed by atoms with Gasteiger partial charge in [-0.05, 0) is 43.2 Å². The summed E-state index contributed by atoms with van der Waals surface area (Å²) in [7, 11) is 0. The average Bonchev–Trinajstić information content (AvgIpc) is 2.37. The third kappa shape index (κ3) is 3.75. The van der Waals surface area contributed by atoms with E-state index < -0.39 is 0 Å². The number of carbonyl (C=O) groups excluding carboxylic acids is 1. The molecule has 0 aliphatic rings. The van der Waals surface area contributed by atoms with Gasteiger partial charge in [-0.1, -0.05) is 47.0 Å². The van der Waals surface area contributed by atoms with Crippen LogP contribution in [-0.2, 0) is 11.2 Å². The van der Waals surface area contributed by atoms with E-state index in [1.807, 2.05) is 26.0 Å². The first-order chi connectivity index (χ1) is 9.45. The van der Waals surface area contributed by atoms with Crippen LogP contribution in [0.25, 0.3) is 0 Å². The fraction of sp³-hybridized carbons (Fsp3) is 0.188. The lowest BCUT2D eigenvalue weighted by atomic mass is 10.0. The molecule has 1 amide bonds. The zero-order chi connectivity index (χ0) is 14.7. The number of rotatable bonds is 3. The number of benzene rings is 2. The molecule has 2 rings (SSSR count). The van der Waals surface area contributed by atoms with Gasteiger partial charge in [0, 0.05) is 5.02 Å². The number of aryl methyl sites for hydroxylation is 2. The zero-order valence-corrected chi connectivity index (χ0v) is 12.8. The van der Waals surface area contributed by atoms with E-state index in [0.717, 1.165) is 11.1 Å². The highest BCUT2D eigenvalue weighted by molar-refractivity contribution is 6.35. The summed E-state index contributed by atoms with van der Waals surface area (Å²) in [4.78, 5) is 12.1. The van der Waals surface area contributed by atoms with E-state index in [4.69, 9.17) is 23.2 Å². The smallest absolute Gasteiger partial charge is 0.228 e. The maximum atomic E-state index is 12.1. The fourth-order valence-corrected chi connectivity index (χ4v) is 2.34. The molecule has 0 radical (unpaired) electrons. The minimum absolute atomic E-state index is 0.110. The highest BCUT2D eigenvalue weighted by Crippen LogP contribution is 2.25. The lowest BCUT2D eigenvalue weighted by Gasteiger charge is -2.09. The van der Waals surface area contributed by atoms with Gasteiger partial charge in [-0.15, -0.1) is 0 Å². The van der Waals surface area contributed by atoms with Gasteiger partial charge in [-0.3, -0.25) is 4.79 Å². The summed E-state index contributed by atoms with van der Waals surface area (Å²) in [6.45, 7) is 4.03. The number of nitrogens with one attached hydrogen (secondary N) is 1. The van der Waals surface area contributed by atoms with E-state index in [-0.39, 0.29) is 5.91 Å². The largest absolute Gasteiger partial charge is 0.324 e. The topological polar surface area (TPSA) is 29.1 Å². The third-order valence-corrected chi connectivity index (χ3v) is 3.62. The van der Waals surface area contributed by atoms with Gasteiger partial charge in [-0.2, -0.15) is 0 Å². The normalized spacial score (nSPS) is 10.4. The van der Waals surface area contributed by atoms with Gasteiger partial charge in [0.15, 0.2) is 0 Å². The lowest BCUT2D eigenvalue weighted by molar-refractivity contribution is -0.115. The molecule has 0 saturated heterocycles. The predicted octanol–water partition coefficient (Wildman–Crippen LogP) is 4.79. The molecule has 0 fully saturated rings. The molecule has 0 unspecified atom stereocenters. The molecular formula is C16H15Cl2NO.